The lowest BCUT2D eigenvalue weighted by molar-refractivity contribution is -0.0308. The molecule has 0 aromatic heterocycles. The molecule has 1 aliphatic carbocycles. The number of hydrogen-bond acceptors (Lipinski definition) is 4. The lowest BCUT2D eigenvalue weighted by atomic mass is 9.76. The van der Waals surface area contributed by atoms with Crippen molar-refractivity contribution in [1.82, 2.24) is 4.90 Å². The number of phenols is 1. The van der Waals surface area contributed by atoms with Gasteiger partial charge in [-0.1, -0.05) is 6.42 Å². The van der Waals surface area contributed by atoms with Crippen LogP contribution in [0.15, 0.2) is 18.2 Å². The average Bonchev–Trinajstić information content (AvgIpc) is 2.83. The topological polar surface area (TPSA) is 44.7 Å². The van der Waals surface area contributed by atoms with Gasteiger partial charge in [0.1, 0.15) is 5.75 Å². The molecular weight excluding hydrogens is 252 g/mol. The fraction of sp³-hybridized carbons (Fsp3) is 0.625. The highest BCUT2D eigenvalue weighted by molar-refractivity contribution is 5.63. The summed E-state index contributed by atoms with van der Waals surface area (Å²) in [6.45, 7) is 3.67. The summed E-state index contributed by atoms with van der Waals surface area (Å²) in [6, 6.07) is 5.78. The predicted octanol–water partition coefficient (Wildman–Crippen LogP) is 2.50. The third-order valence-corrected chi connectivity index (χ3v) is 5.21. The quantitative estimate of drug-likeness (QED) is 0.772. The molecule has 4 heteroatoms. The van der Waals surface area contributed by atoms with E-state index in [1.54, 1.807) is 6.07 Å². The second-order valence-electron chi connectivity index (χ2n) is 6.22. The molecular formula is C16H22N2O2. The summed E-state index contributed by atoms with van der Waals surface area (Å²) in [5, 5.41) is 13.6. The van der Waals surface area contributed by atoms with Crippen molar-refractivity contribution in [3.8, 4) is 5.75 Å². The van der Waals surface area contributed by atoms with E-state index in [0.717, 1.165) is 26.3 Å². The molecule has 1 aromatic carbocycles. The summed E-state index contributed by atoms with van der Waals surface area (Å²) < 4.78 is 5.52. The Hall–Kier alpha value is -1.26. The summed E-state index contributed by atoms with van der Waals surface area (Å²) in [5.41, 5.74) is 2.57. The monoisotopic (exact) mass is 274 g/mol. The third kappa shape index (κ3) is 1.75. The molecule has 0 radical (unpaired) electrons. The van der Waals surface area contributed by atoms with Crippen molar-refractivity contribution in [2.75, 3.05) is 31.6 Å². The minimum Gasteiger partial charge on any atom is -0.508 e. The van der Waals surface area contributed by atoms with Crippen molar-refractivity contribution in [2.45, 2.75) is 37.3 Å². The van der Waals surface area contributed by atoms with E-state index in [2.05, 4.69) is 10.2 Å². The molecule has 4 rings (SSSR count). The van der Waals surface area contributed by atoms with E-state index < -0.39 is 0 Å². The fourth-order valence-corrected chi connectivity index (χ4v) is 4.32. The largest absolute Gasteiger partial charge is 0.508 e. The number of aromatic hydroxyl groups is 1. The second kappa shape index (κ2) is 4.64. The molecule has 2 atom stereocenters. The van der Waals surface area contributed by atoms with E-state index in [1.807, 2.05) is 12.1 Å². The van der Waals surface area contributed by atoms with Gasteiger partial charge in [0.05, 0.1) is 18.9 Å². The van der Waals surface area contributed by atoms with E-state index in [-0.39, 0.29) is 5.66 Å². The highest BCUT2D eigenvalue weighted by Crippen LogP contribution is 2.52. The fourth-order valence-electron chi connectivity index (χ4n) is 4.32. The minimum absolute atomic E-state index is 0.0537. The van der Waals surface area contributed by atoms with Crippen LogP contribution in [0.3, 0.4) is 0 Å². The van der Waals surface area contributed by atoms with Gasteiger partial charge in [-0.05, 0) is 43.0 Å². The molecule has 3 aliphatic rings. The van der Waals surface area contributed by atoms with Crippen LogP contribution in [0.1, 0.15) is 37.2 Å². The number of fused-ring (bicyclic) bond motifs is 3. The highest BCUT2D eigenvalue weighted by Gasteiger charge is 2.51. The molecule has 0 bridgehead atoms. The van der Waals surface area contributed by atoms with Gasteiger partial charge in [-0.2, -0.15) is 0 Å². The van der Waals surface area contributed by atoms with Crippen molar-refractivity contribution < 1.29 is 9.84 Å². The van der Waals surface area contributed by atoms with Gasteiger partial charge in [-0.25, -0.2) is 0 Å². The zero-order valence-corrected chi connectivity index (χ0v) is 11.8. The molecule has 2 aliphatic heterocycles. The number of rotatable bonds is 1. The standard InChI is InChI=1S/C16H22N2O2/c19-12-4-5-15-13(11-12)14-3-1-2-6-16(14,17-15)18-7-9-20-10-8-18/h4-5,11,14,17,19H,1-3,6-10H2/t14-,16+/m0/s1. The first-order valence-electron chi connectivity index (χ1n) is 7.73. The number of morpholine rings is 1. The van der Waals surface area contributed by atoms with Crippen LogP contribution >= 0.6 is 0 Å². The number of nitrogens with one attached hydrogen (secondary N) is 1. The van der Waals surface area contributed by atoms with Gasteiger partial charge in [-0.3, -0.25) is 4.90 Å². The molecule has 0 amide bonds. The van der Waals surface area contributed by atoms with Crippen molar-refractivity contribution in [3.63, 3.8) is 0 Å². The van der Waals surface area contributed by atoms with Crippen molar-refractivity contribution >= 4 is 5.69 Å². The SMILES string of the molecule is Oc1ccc2c(c1)[C@@H]1CCCC[C@]1(N1CCOCC1)N2. The molecule has 4 nitrogen and oxygen atoms in total. The summed E-state index contributed by atoms with van der Waals surface area (Å²) in [7, 11) is 0. The Labute approximate surface area is 119 Å². The first-order chi connectivity index (χ1) is 9.79. The summed E-state index contributed by atoms with van der Waals surface area (Å²) >= 11 is 0. The normalized spacial score (nSPS) is 33.3. The number of ether oxygens (including phenoxy) is 1. The average molecular weight is 274 g/mol. The van der Waals surface area contributed by atoms with Gasteiger partial charge < -0.3 is 15.2 Å². The van der Waals surface area contributed by atoms with Crippen LogP contribution in [-0.2, 0) is 4.74 Å². The smallest absolute Gasteiger partial charge is 0.116 e. The summed E-state index contributed by atoms with van der Waals surface area (Å²) in [6.07, 6.45) is 4.96. The Morgan fingerprint density at radius 3 is 2.95 bits per heavy atom. The Morgan fingerprint density at radius 1 is 1.25 bits per heavy atom. The van der Waals surface area contributed by atoms with E-state index in [4.69, 9.17) is 4.74 Å². The summed E-state index contributed by atoms with van der Waals surface area (Å²) in [4.78, 5) is 2.58. The van der Waals surface area contributed by atoms with E-state index >= 15 is 0 Å². The number of nitrogens with zero attached hydrogens (tertiary/aromatic N) is 1. The number of phenolic OH excluding ortho intramolecular Hbond substituents is 1. The van der Waals surface area contributed by atoms with Crippen LogP contribution in [0.2, 0.25) is 0 Å². The maximum Gasteiger partial charge on any atom is 0.116 e. The van der Waals surface area contributed by atoms with Crippen molar-refractivity contribution in [2.24, 2.45) is 0 Å². The third-order valence-electron chi connectivity index (χ3n) is 5.21. The molecule has 2 fully saturated rings. The Bertz CT molecular complexity index is 513. The number of benzene rings is 1. The van der Waals surface area contributed by atoms with Gasteiger partial charge >= 0.3 is 0 Å². The zero-order chi connectivity index (χ0) is 13.6. The summed E-state index contributed by atoms with van der Waals surface area (Å²) in [5.74, 6) is 0.880. The van der Waals surface area contributed by atoms with Crippen LogP contribution in [-0.4, -0.2) is 42.0 Å². The van der Waals surface area contributed by atoms with Gasteiger partial charge in [0.15, 0.2) is 0 Å². The maximum absolute atomic E-state index is 9.82. The van der Waals surface area contributed by atoms with Crippen LogP contribution in [0, 0.1) is 0 Å². The lowest BCUT2D eigenvalue weighted by Crippen LogP contribution is -2.60. The van der Waals surface area contributed by atoms with E-state index in [0.29, 0.717) is 11.7 Å². The molecule has 1 aromatic rings. The second-order valence-corrected chi connectivity index (χ2v) is 6.22. The maximum atomic E-state index is 9.82. The van der Waals surface area contributed by atoms with Gasteiger partial charge in [0, 0.05) is 24.7 Å². The molecule has 108 valence electrons. The molecule has 2 N–H and O–H groups in total. The Morgan fingerprint density at radius 2 is 2.10 bits per heavy atom. The lowest BCUT2D eigenvalue weighted by Gasteiger charge is -2.49. The number of hydrogen-bond donors (Lipinski definition) is 2. The Balaban J connectivity index is 1.74. The zero-order valence-electron chi connectivity index (χ0n) is 11.8. The first kappa shape index (κ1) is 12.5. The molecule has 0 unspecified atom stereocenters. The van der Waals surface area contributed by atoms with Gasteiger partial charge in [0.25, 0.3) is 0 Å². The highest BCUT2D eigenvalue weighted by atomic mass is 16.5. The van der Waals surface area contributed by atoms with Crippen LogP contribution in [0.5, 0.6) is 5.75 Å². The van der Waals surface area contributed by atoms with Crippen molar-refractivity contribution in [1.29, 1.82) is 0 Å². The predicted molar refractivity (Wildman–Crippen MR) is 78.1 cm³/mol. The number of anilines is 1. The Kier molecular flexibility index (Phi) is 2.89. The van der Waals surface area contributed by atoms with E-state index in [1.165, 1.54) is 36.9 Å². The molecule has 1 saturated carbocycles. The van der Waals surface area contributed by atoms with Gasteiger partial charge in [0.2, 0.25) is 0 Å². The molecule has 2 heterocycles. The van der Waals surface area contributed by atoms with E-state index in [9.17, 15) is 5.11 Å². The minimum atomic E-state index is 0.0537. The first-order valence-corrected chi connectivity index (χ1v) is 7.73. The van der Waals surface area contributed by atoms with Crippen LogP contribution < -0.4 is 5.32 Å². The van der Waals surface area contributed by atoms with Crippen LogP contribution in [0.4, 0.5) is 5.69 Å². The molecule has 20 heavy (non-hydrogen) atoms. The van der Waals surface area contributed by atoms with Gasteiger partial charge in [-0.15, -0.1) is 0 Å². The van der Waals surface area contributed by atoms with Crippen LogP contribution in [0.25, 0.3) is 0 Å². The van der Waals surface area contributed by atoms with Crippen molar-refractivity contribution in [3.05, 3.63) is 23.8 Å². The molecule has 0 spiro atoms. The molecule has 1 saturated heterocycles.